The average Bonchev–Trinajstić information content (AvgIpc) is 3.30. The molecule has 0 N–H and O–H groups in total. The van der Waals surface area contributed by atoms with Gasteiger partial charge < -0.3 is 23.8 Å². The quantitative estimate of drug-likeness (QED) is 0.218. The van der Waals surface area contributed by atoms with Crippen molar-refractivity contribution in [2.45, 2.75) is 19.9 Å². The van der Waals surface area contributed by atoms with Crippen molar-refractivity contribution in [3.8, 4) is 23.0 Å². The Balaban J connectivity index is 1.19. The first-order valence-corrected chi connectivity index (χ1v) is 12.9. The summed E-state index contributed by atoms with van der Waals surface area (Å²) in [6.07, 6.45) is 0.640. The molecular formula is C32H29NO6. The SMILES string of the molecule is CCOC(=O)COc1cccc(CCOc2cccc3c2CN(c2ccc(Oc4ccccc4)cc2)C3=O)c1. The normalized spacial score (nSPS) is 12.1. The van der Waals surface area contributed by atoms with Crippen LogP contribution < -0.4 is 19.1 Å². The standard InChI is InChI=1S/C32H29NO6/c1-2-36-31(34)22-38-27-11-6-8-23(20-27)18-19-37-30-13-7-12-28-29(30)21-33(32(28)35)24-14-16-26(17-15-24)39-25-9-4-3-5-10-25/h3-17,20H,2,18-19,21-22H2,1H3. The van der Waals surface area contributed by atoms with Gasteiger partial charge in [-0.3, -0.25) is 4.79 Å². The number of ether oxygens (including phenoxy) is 4. The van der Waals surface area contributed by atoms with E-state index in [0.29, 0.717) is 49.0 Å². The van der Waals surface area contributed by atoms with Gasteiger partial charge in [0.1, 0.15) is 23.0 Å². The van der Waals surface area contributed by atoms with Crippen molar-refractivity contribution in [2.24, 2.45) is 0 Å². The van der Waals surface area contributed by atoms with E-state index in [0.717, 1.165) is 22.6 Å². The molecule has 0 saturated carbocycles. The molecule has 0 bridgehead atoms. The minimum Gasteiger partial charge on any atom is -0.493 e. The third-order valence-electron chi connectivity index (χ3n) is 6.26. The fourth-order valence-electron chi connectivity index (χ4n) is 4.38. The van der Waals surface area contributed by atoms with Gasteiger partial charge in [0.2, 0.25) is 0 Å². The number of fused-ring (bicyclic) bond motifs is 1. The number of anilines is 1. The van der Waals surface area contributed by atoms with Crippen molar-refractivity contribution in [3.63, 3.8) is 0 Å². The van der Waals surface area contributed by atoms with E-state index in [1.54, 1.807) is 17.9 Å². The molecule has 0 spiro atoms. The van der Waals surface area contributed by atoms with E-state index in [-0.39, 0.29) is 12.5 Å². The van der Waals surface area contributed by atoms with Gasteiger partial charge in [0, 0.05) is 23.2 Å². The molecule has 1 aliphatic rings. The summed E-state index contributed by atoms with van der Waals surface area (Å²) in [7, 11) is 0. The molecule has 1 amide bonds. The van der Waals surface area contributed by atoms with Crippen LogP contribution in [0.2, 0.25) is 0 Å². The Bertz CT molecular complexity index is 1440. The van der Waals surface area contributed by atoms with Gasteiger partial charge in [-0.2, -0.15) is 0 Å². The topological polar surface area (TPSA) is 74.3 Å². The predicted octanol–water partition coefficient (Wildman–Crippen LogP) is 6.20. The highest BCUT2D eigenvalue weighted by atomic mass is 16.6. The first-order valence-electron chi connectivity index (χ1n) is 12.9. The molecule has 4 aromatic carbocycles. The number of hydrogen-bond donors (Lipinski definition) is 0. The second-order valence-electron chi connectivity index (χ2n) is 8.92. The van der Waals surface area contributed by atoms with E-state index in [9.17, 15) is 9.59 Å². The molecule has 0 radical (unpaired) electrons. The number of carbonyl (C=O) groups excluding carboxylic acids is 2. The second-order valence-corrected chi connectivity index (χ2v) is 8.92. The van der Waals surface area contributed by atoms with Crippen molar-refractivity contribution < 1.29 is 28.5 Å². The zero-order valence-electron chi connectivity index (χ0n) is 21.7. The highest BCUT2D eigenvalue weighted by molar-refractivity contribution is 6.10. The molecule has 0 aliphatic carbocycles. The largest absolute Gasteiger partial charge is 0.493 e. The summed E-state index contributed by atoms with van der Waals surface area (Å²) in [5.74, 6) is 2.30. The summed E-state index contributed by atoms with van der Waals surface area (Å²) >= 11 is 0. The lowest BCUT2D eigenvalue weighted by molar-refractivity contribution is -0.145. The number of nitrogens with zero attached hydrogens (tertiary/aromatic N) is 1. The highest BCUT2D eigenvalue weighted by Gasteiger charge is 2.31. The summed E-state index contributed by atoms with van der Waals surface area (Å²) in [6.45, 7) is 2.81. The van der Waals surface area contributed by atoms with Gasteiger partial charge in [-0.05, 0) is 73.2 Å². The molecule has 0 saturated heterocycles. The highest BCUT2D eigenvalue weighted by Crippen LogP contribution is 2.35. The smallest absolute Gasteiger partial charge is 0.344 e. The van der Waals surface area contributed by atoms with Crippen molar-refractivity contribution >= 4 is 17.6 Å². The van der Waals surface area contributed by atoms with Crippen LogP contribution in [0, 0.1) is 0 Å². The van der Waals surface area contributed by atoms with Crippen molar-refractivity contribution in [1.29, 1.82) is 0 Å². The van der Waals surface area contributed by atoms with Gasteiger partial charge in [0.15, 0.2) is 6.61 Å². The maximum Gasteiger partial charge on any atom is 0.344 e. The maximum atomic E-state index is 13.2. The fourth-order valence-corrected chi connectivity index (χ4v) is 4.38. The van der Waals surface area contributed by atoms with Crippen LogP contribution >= 0.6 is 0 Å². The van der Waals surface area contributed by atoms with Gasteiger partial charge >= 0.3 is 5.97 Å². The Morgan fingerprint density at radius 1 is 0.821 bits per heavy atom. The summed E-state index contributed by atoms with van der Waals surface area (Å²) < 4.78 is 22.4. The Kier molecular flexibility index (Phi) is 8.07. The van der Waals surface area contributed by atoms with Crippen LogP contribution in [0.15, 0.2) is 97.1 Å². The number of para-hydroxylation sites is 1. The molecule has 7 heteroatoms. The van der Waals surface area contributed by atoms with Crippen LogP contribution in [0.1, 0.15) is 28.4 Å². The van der Waals surface area contributed by atoms with Crippen LogP contribution in [0.4, 0.5) is 5.69 Å². The molecule has 7 nitrogen and oxygen atoms in total. The zero-order chi connectivity index (χ0) is 27.0. The summed E-state index contributed by atoms with van der Waals surface area (Å²) in [5, 5.41) is 0. The minimum absolute atomic E-state index is 0.0568. The van der Waals surface area contributed by atoms with Gasteiger partial charge in [-0.15, -0.1) is 0 Å². The molecule has 0 atom stereocenters. The first-order chi connectivity index (χ1) is 19.1. The van der Waals surface area contributed by atoms with Crippen LogP contribution in [0.3, 0.4) is 0 Å². The number of amides is 1. The number of esters is 1. The molecule has 0 aromatic heterocycles. The Morgan fingerprint density at radius 3 is 2.36 bits per heavy atom. The molecule has 5 rings (SSSR count). The van der Waals surface area contributed by atoms with Crippen molar-refractivity contribution in [1.82, 2.24) is 0 Å². The Hall–Kier alpha value is -4.78. The van der Waals surface area contributed by atoms with Crippen LogP contribution in [0.5, 0.6) is 23.0 Å². The van der Waals surface area contributed by atoms with Crippen molar-refractivity contribution in [2.75, 3.05) is 24.7 Å². The third kappa shape index (κ3) is 6.38. The van der Waals surface area contributed by atoms with Gasteiger partial charge in [-0.25, -0.2) is 4.79 Å². The molecule has 0 fully saturated rings. The van der Waals surface area contributed by atoms with E-state index in [2.05, 4.69) is 0 Å². The lowest BCUT2D eigenvalue weighted by atomic mass is 10.1. The average molecular weight is 524 g/mol. The van der Waals surface area contributed by atoms with E-state index in [1.165, 1.54) is 0 Å². The molecule has 0 unspecified atom stereocenters. The molecule has 39 heavy (non-hydrogen) atoms. The monoisotopic (exact) mass is 523 g/mol. The Morgan fingerprint density at radius 2 is 1.56 bits per heavy atom. The van der Waals surface area contributed by atoms with Crippen molar-refractivity contribution in [3.05, 3.63) is 114 Å². The molecule has 198 valence electrons. The minimum atomic E-state index is -0.399. The maximum absolute atomic E-state index is 13.2. The Labute approximate surface area is 227 Å². The number of benzene rings is 4. The molecule has 4 aromatic rings. The van der Waals surface area contributed by atoms with E-state index >= 15 is 0 Å². The van der Waals surface area contributed by atoms with Gasteiger partial charge in [0.05, 0.1) is 19.8 Å². The lowest BCUT2D eigenvalue weighted by Crippen LogP contribution is -2.22. The number of hydrogen-bond acceptors (Lipinski definition) is 6. The summed E-state index contributed by atoms with van der Waals surface area (Å²) in [4.78, 5) is 26.5. The zero-order valence-corrected chi connectivity index (χ0v) is 21.7. The number of carbonyl (C=O) groups is 2. The summed E-state index contributed by atoms with van der Waals surface area (Å²) in [6, 6.07) is 30.2. The van der Waals surface area contributed by atoms with Crippen LogP contribution in [0.25, 0.3) is 0 Å². The van der Waals surface area contributed by atoms with Gasteiger partial charge in [-0.1, -0.05) is 36.4 Å². The second kappa shape index (κ2) is 12.2. The molecular weight excluding hydrogens is 494 g/mol. The van der Waals surface area contributed by atoms with E-state index in [1.807, 2.05) is 91.0 Å². The lowest BCUT2D eigenvalue weighted by Gasteiger charge is -2.16. The fraction of sp³-hybridized carbons (Fsp3) is 0.188. The molecule has 1 aliphatic heterocycles. The first kappa shape index (κ1) is 25.9. The third-order valence-corrected chi connectivity index (χ3v) is 6.26. The van der Waals surface area contributed by atoms with E-state index < -0.39 is 5.97 Å². The molecule has 1 heterocycles. The predicted molar refractivity (Wildman–Crippen MR) is 148 cm³/mol. The van der Waals surface area contributed by atoms with E-state index in [4.69, 9.17) is 18.9 Å². The van der Waals surface area contributed by atoms with Gasteiger partial charge in [0.25, 0.3) is 5.91 Å². The number of rotatable bonds is 11. The van der Waals surface area contributed by atoms with Crippen LogP contribution in [-0.4, -0.2) is 31.7 Å². The van der Waals surface area contributed by atoms with Crippen LogP contribution in [-0.2, 0) is 22.5 Å². The summed E-state index contributed by atoms with van der Waals surface area (Å²) in [5.41, 5.74) is 3.33.